The van der Waals surface area contributed by atoms with Crippen LogP contribution in [0.5, 0.6) is 11.5 Å². The minimum absolute atomic E-state index is 0.0891. The van der Waals surface area contributed by atoms with E-state index in [1.54, 1.807) is 19.1 Å². The summed E-state index contributed by atoms with van der Waals surface area (Å²) in [5.74, 6) is 0.423. The number of thiazole rings is 1. The van der Waals surface area contributed by atoms with Crippen LogP contribution in [0.4, 0.5) is 5.13 Å². The van der Waals surface area contributed by atoms with Gasteiger partial charge in [-0.3, -0.25) is 4.79 Å². The number of fused-ring (bicyclic) bond motifs is 1. The van der Waals surface area contributed by atoms with Crippen molar-refractivity contribution in [3.8, 4) is 11.5 Å². The summed E-state index contributed by atoms with van der Waals surface area (Å²) in [4.78, 5) is 21.1. The molecule has 2 aromatic carbocycles. The van der Waals surface area contributed by atoms with E-state index in [2.05, 4.69) is 4.90 Å². The van der Waals surface area contributed by atoms with Gasteiger partial charge in [0.05, 0.1) is 19.1 Å². The van der Waals surface area contributed by atoms with Gasteiger partial charge in [0.1, 0.15) is 27.5 Å². The Morgan fingerprint density at radius 1 is 1.03 bits per heavy atom. The van der Waals surface area contributed by atoms with E-state index in [4.69, 9.17) is 26.1 Å². The van der Waals surface area contributed by atoms with E-state index in [0.29, 0.717) is 37.0 Å². The van der Waals surface area contributed by atoms with Gasteiger partial charge in [0.2, 0.25) is 5.91 Å². The molecule has 1 aliphatic rings. The lowest BCUT2D eigenvalue weighted by molar-refractivity contribution is -0.128. The van der Waals surface area contributed by atoms with E-state index in [1.165, 1.54) is 35.6 Å². The van der Waals surface area contributed by atoms with Crippen LogP contribution in [-0.2, 0) is 14.6 Å². The number of nitrogens with zero attached hydrogens (tertiary/aromatic N) is 3. The van der Waals surface area contributed by atoms with Crippen molar-refractivity contribution in [2.24, 2.45) is 0 Å². The number of sulfone groups is 1. The van der Waals surface area contributed by atoms with Crippen molar-refractivity contribution in [3.05, 3.63) is 41.4 Å². The lowest BCUT2D eigenvalue weighted by atomic mass is 10.3. The van der Waals surface area contributed by atoms with E-state index in [-0.39, 0.29) is 4.90 Å². The molecule has 0 atom stereocenters. The molecule has 0 radical (unpaired) electrons. The van der Waals surface area contributed by atoms with Crippen LogP contribution >= 0.6 is 22.9 Å². The van der Waals surface area contributed by atoms with Gasteiger partial charge >= 0.3 is 0 Å². The molecule has 1 aromatic heterocycles. The normalized spacial score (nSPS) is 14.6. The van der Waals surface area contributed by atoms with E-state index in [9.17, 15) is 13.2 Å². The number of amides is 1. The van der Waals surface area contributed by atoms with Crippen LogP contribution in [0.1, 0.15) is 0 Å². The van der Waals surface area contributed by atoms with Gasteiger partial charge in [-0.25, -0.2) is 13.4 Å². The first-order valence-corrected chi connectivity index (χ1v) is 12.7. The van der Waals surface area contributed by atoms with Gasteiger partial charge in [0.15, 0.2) is 15.0 Å². The molecule has 11 heteroatoms. The van der Waals surface area contributed by atoms with Crippen molar-refractivity contribution < 1.29 is 22.7 Å². The molecule has 0 saturated carbocycles. The Kier molecular flexibility index (Phi) is 6.45. The van der Waals surface area contributed by atoms with E-state index >= 15 is 0 Å². The lowest BCUT2D eigenvalue weighted by Gasteiger charge is -2.34. The third-order valence-electron chi connectivity index (χ3n) is 5.29. The molecule has 1 saturated heterocycles. The first-order chi connectivity index (χ1) is 15.3. The quantitative estimate of drug-likeness (QED) is 0.519. The largest absolute Gasteiger partial charge is 0.495 e. The third-order valence-corrected chi connectivity index (χ3v) is 8.29. The Hall–Kier alpha value is -2.56. The molecule has 32 heavy (non-hydrogen) atoms. The van der Waals surface area contributed by atoms with Crippen molar-refractivity contribution in [1.82, 2.24) is 9.88 Å². The zero-order valence-corrected chi connectivity index (χ0v) is 20.0. The summed E-state index contributed by atoms with van der Waals surface area (Å²) in [6, 6.07) is 9.50. The third kappa shape index (κ3) is 4.48. The molecule has 0 N–H and O–H groups in total. The molecule has 0 aliphatic carbocycles. The minimum atomic E-state index is -3.73. The fourth-order valence-corrected chi connectivity index (χ4v) is 6.01. The van der Waals surface area contributed by atoms with Gasteiger partial charge in [0.25, 0.3) is 0 Å². The predicted octanol–water partition coefficient (Wildman–Crippen LogP) is 3.09. The van der Waals surface area contributed by atoms with Gasteiger partial charge < -0.3 is 19.3 Å². The van der Waals surface area contributed by atoms with Gasteiger partial charge in [-0.05, 0) is 36.4 Å². The number of carbonyl (C=O) groups is 1. The number of benzene rings is 2. The number of carbonyl (C=O) groups excluding carboxylic acids is 1. The number of anilines is 1. The Bertz CT molecular complexity index is 1200. The number of halogens is 1. The Morgan fingerprint density at radius 3 is 2.28 bits per heavy atom. The highest BCUT2D eigenvalue weighted by Crippen LogP contribution is 2.40. The van der Waals surface area contributed by atoms with Crippen LogP contribution in [0.15, 0.2) is 41.3 Å². The van der Waals surface area contributed by atoms with Crippen LogP contribution in [0.2, 0.25) is 5.02 Å². The molecular weight excluding hydrogens is 474 g/mol. The van der Waals surface area contributed by atoms with E-state index < -0.39 is 21.5 Å². The summed E-state index contributed by atoms with van der Waals surface area (Å²) in [6.07, 6.45) is 0. The van der Waals surface area contributed by atoms with Crippen LogP contribution in [0.3, 0.4) is 0 Å². The summed E-state index contributed by atoms with van der Waals surface area (Å²) in [6.45, 7) is 1.94. The summed E-state index contributed by atoms with van der Waals surface area (Å²) in [7, 11) is -0.511. The maximum Gasteiger partial charge on any atom is 0.238 e. The predicted molar refractivity (Wildman–Crippen MR) is 125 cm³/mol. The number of ether oxygens (including phenoxy) is 2. The highest BCUT2D eigenvalue weighted by Gasteiger charge is 2.28. The number of aromatic nitrogens is 1. The molecule has 1 fully saturated rings. The smallest absolute Gasteiger partial charge is 0.238 e. The SMILES string of the molecule is COc1ccc(OC)c2sc(N3CCN(C(=O)CS(=O)(=O)c4ccc(Cl)cc4)CC3)nc12. The number of rotatable bonds is 6. The van der Waals surface area contributed by atoms with Gasteiger partial charge in [-0.1, -0.05) is 22.9 Å². The molecule has 0 spiro atoms. The second-order valence-electron chi connectivity index (χ2n) is 7.23. The molecule has 8 nitrogen and oxygen atoms in total. The van der Waals surface area contributed by atoms with Gasteiger partial charge in [0, 0.05) is 31.2 Å². The lowest BCUT2D eigenvalue weighted by Crippen LogP contribution is -2.50. The van der Waals surface area contributed by atoms with Gasteiger partial charge in [-0.2, -0.15) is 0 Å². The summed E-state index contributed by atoms with van der Waals surface area (Å²) in [5.41, 5.74) is 0.736. The maximum absolute atomic E-state index is 12.7. The van der Waals surface area contributed by atoms with Crippen LogP contribution < -0.4 is 14.4 Å². The molecule has 4 rings (SSSR count). The first-order valence-electron chi connectivity index (χ1n) is 9.85. The monoisotopic (exact) mass is 495 g/mol. The number of methoxy groups -OCH3 is 2. The Morgan fingerprint density at radius 2 is 1.66 bits per heavy atom. The van der Waals surface area contributed by atoms with Crippen molar-refractivity contribution in [2.75, 3.05) is 51.1 Å². The van der Waals surface area contributed by atoms with Crippen molar-refractivity contribution >= 4 is 54.0 Å². The zero-order chi connectivity index (χ0) is 22.9. The van der Waals surface area contributed by atoms with Gasteiger partial charge in [-0.15, -0.1) is 0 Å². The number of hydrogen-bond acceptors (Lipinski definition) is 8. The highest BCUT2D eigenvalue weighted by atomic mass is 35.5. The Labute approximate surface area is 195 Å². The second-order valence-corrected chi connectivity index (χ2v) is 10.6. The minimum Gasteiger partial charge on any atom is -0.495 e. The molecule has 0 bridgehead atoms. The first kappa shape index (κ1) is 22.6. The van der Waals surface area contributed by atoms with Crippen LogP contribution in [-0.4, -0.2) is 70.4 Å². The molecule has 170 valence electrons. The molecule has 3 aromatic rings. The fourth-order valence-electron chi connectivity index (χ4n) is 3.54. The summed E-state index contributed by atoms with van der Waals surface area (Å²) in [5, 5.41) is 1.25. The number of piperazine rings is 1. The fraction of sp³-hybridized carbons (Fsp3) is 0.333. The van der Waals surface area contributed by atoms with Crippen molar-refractivity contribution in [3.63, 3.8) is 0 Å². The average Bonchev–Trinajstić information content (AvgIpc) is 3.24. The topological polar surface area (TPSA) is 89.0 Å². The highest BCUT2D eigenvalue weighted by molar-refractivity contribution is 7.92. The maximum atomic E-state index is 12.7. The molecule has 2 heterocycles. The summed E-state index contributed by atoms with van der Waals surface area (Å²) >= 11 is 7.32. The van der Waals surface area contributed by atoms with Crippen molar-refractivity contribution in [1.29, 1.82) is 0 Å². The molecule has 0 unspecified atom stereocenters. The molecule has 1 aliphatic heterocycles. The standard InChI is InChI=1S/C21H22ClN3O5S2/c1-29-16-7-8-17(30-2)20-19(16)23-21(31-20)25-11-9-24(10-12-25)18(26)13-32(27,28)15-5-3-14(22)4-6-15/h3-8H,9-13H2,1-2H3. The van der Waals surface area contributed by atoms with E-state index in [1.807, 2.05) is 12.1 Å². The van der Waals surface area contributed by atoms with Crippen LogP contribution in [0.25, 0.3) is 10.2 Å². The van der Waals surface area contributed by atoms with Crippen molar-refractivity contribution in [2.45, 2.75) is 4.90 Å². The molecule has 1 amide bonds. The molecular formula is C21H22ClN3O5S2. The number of hydrogen-bond donors (Lipinski definition) is 0. The van der Waals surface area contributed by atoms with Crippen LogP contribution in [0, 0.1) is 0 Å². The Balaban J connectivity index is 1.44. The zero-order valence-electron chi connectivity index (χ0n) is 17.6. The second kappa shape index (κ2) is 9.13. The summed E-state index contributed by atoms with van der Waals surface area (Å²) < 4.78 is 36.9. The van der Waals surface area contributed by atoms with E-state index in [0.717, 1.165) is 21.1 Å². The average molecular weight is 496 g/mol.